The molecule has 0 amide bonds. The Kier molecular flexibility index (Phi) is 3.14. The summed E-state index contributed by atoms with van der Waals surface area (Å²) in [6.45, 7) is 0. The maximum atomic E-state index is 10.6. The van der Waals surface area contributed by atoms with Gasteiger partial charge in [-0.2, -0.15) is 0 Å². The lowest BCUT2D eigenvalue weighted by molar-refractivity contribution is 0.609. The zero-order chi connectivity index (χ0) is 8.10. The molecule has 0 aliphatic heterocycles. The third-order valence-corrected chi connectivity index (χ3v) is 1.64. The Bertz CT molecular complexity index is 233. The highest BCUT2D eigenvalue weighted by Gasteiger charge is 1.88. The van der Waals surface area contributed by atoms with Crippen LogP contribution in [0.2, 0.25) is 0 Å². The number of hydrogen-bond donors (Lipinski definition) is 0. The van der Waals surface area contributed by atoms with Gasteiger partial charge in [0.25, 0.3) is 0 Å². The van der Waals surface area contributed by atoms with Crippen molar-refractivity contribution >= 4 is 17.3 Å². The van der Waals surface area contributed by atoms with Crippen molar-refractivity contribution in [1.29, 1.82) is 0 Å². The molecular formula is C8H9NOS. The fourth-order valence-corrected chi connectivity index (χ4v) is 0.971. The van der Waals surface area contributed by atoms with Crippen LogP contribution >= 0.6 is 0 Å². The van der Waals surface area contributed by atoms with Crippen LogP contribution in [0.4, 0.5) is 0 Å². The highest BCUT2D eigenvalue weighted by atomic mass is 32.2. The minimum atomic E-state index is -0.887. The Hall–Kier alpha value is -0.800. The summed E-state index contributed by atoms with van der Waals surface area (Å²) < 4.78 is 10.6. The van der Waals surface area contributed by atoms with Gasteiger partial charge in [0.1, 0.15) is 5.41 Å². The fraction of sp³-hybridized carbons (Fsp3) is 0.125. The molecule has 3 heteroatoms. The number of pyridine rings is 1. The number of rotatable bonds is 2. The van der Waals surface area contributed by atoms with Crippen molar-refractivity contribution in [2.75, 3.05) is 6.26 Å². The predicted octanol–water partition coefficient (Wildman–Crippen LogP) is 1.43. The van der Waals surface area contributed by atoms with Crippen LogP contribution in [0, 0.1) is 0 Å². The molecule has 58 valence electrons. The van der Waals surface area contributed by atoms with Gasteiger partial charge in [-0.3, -0.25) is 4.98 Å². The van der Waals surface area contributed by atoms with E-state index in [0.29, 0.717) is 0 Å². The number of nitrogens with zero attached hydrogens (tertiary/aromatic N) is 1. The van der Waals surface area contributed by atoms with Crippen molar-refractivity contribution in [3.05, 3.63) is 35.5 Å². The molecule has 0 aromatic carbocycles. The van der Waals surface area contributed by atoms with Crippen molar-refractivity contribution in [3.63, 3.8) is 0 Å². The molecule has 0 spiro atoms. The molecule has 0 saturated carbocycles. The van der Waals surface area contributed by atoms with Crippen LogP contribution < -0.4 is 0 Å². The number of hydrogen-bond acceptors (Lipinski definition) is 2. The summed E-state index contributed by atoms with van der Waals surface area (Å²) in [5, 5.41) is 1.61. The van der Waals surface area contributed by atoms with Gasteiger partial charge in [0.05, 0.1) is 11.9 Å². The summed E-state index contributed by atoms with van der Waals surface area (Å²) in [7, 11) is 0. The van der Waals surface area contributed by atoms with Crippen molar-refractivity contribution in [1.82, 2.24) is 4.98 Å². The van der Waals surface area contributed by atoms with Gasteiger partial charge in [-0.25, -0.2) is 0 Å². The molecule has 1 rings (SSSR count). The zero-order valence-corrected chi connectivity index (χ0v) is 7.04. The Balaban J connectivity index is 2.65. The van der Waals surface area contributed by atoms with Crippen LogP contribution in [0.3, 0.4) is 0 Å². The molecule has 0 N–H and O–H groups in total. The first kappa shape index (κ1) is 8.30. The molecule has 0 fully saturated rings. The van der Waals surface area contributed by atoms with Gasteiger partial charge in [0.2, 0.25) is 0 Å². The minimum absolute atomic E-state index is 0.836. The Morgan fingerprint density at radius 3 is 2.91 bits per heavy atom. The van der Waals surface area contributed by atoms with E-state index in [1.165, 1.54) is 0 Å². The van der Waals surface area contributed by atoms with Crippen LogP contribution in [-0.4, -0.2) is 15.8 Å². The lowest BCUT2D eigenvalue weighted by Crippen LogP contribution is -1.88. The van der Waals surface area contributed by atoms with E-state index in [-0.39, 0.29) is 0 Å². The Morgan fingerprint density at radius 2 is 2.36 bits per heavy atom. The van der Waals surface area contributed by atoms with Gasteiger partial charge in [-0.15, -0.1) is 0 Å². The van der Waals surface area contributed by atoms with Crippen LogP contribution in [0.5, 0.6) is 0 Å². The van der Waals surface area contributed by atoms with Crippen molar-refractivity contribution in [2.24, 2.45) is 0 Å². The zero-order valence-electron chi connectivity index (χ0n) is 6.23. The van der Waals surface area contributed by atoms with Crippen LogP contribution in [-0.2, 0) is 11.2 Å². The Labute approximate surface area is 69.2 Å². The summed E-state index contributed by atoms with van der Waals surface area (Å²) >= 11 is -0.887. The van der Waals surface area contributed by atoms with Gasteiger partial charge in [0, 0.05) is 12.3 Å². The molecular weight excluding hydrogens is 158 g/mol. The molecule has 1 atom stereocenters. The summed E-state index contributed by atoms with van der Waals surface area (Å²) in [4.78, 5) is 4.03. The smallest absolute Gasteiger partial charge is 0.118 e. The van der Waals surface area contributed by atoms with Gasteiger partial charge < -0.3 is 4.55 Å². The second-order valence-electron chi connectivity index (χ2n) is 2.06. The fourth-order valence-electron chi connectivity index (χ4n) is 0.640. The molecule has 1 aromatic heterocycles. The van der Waals surface area contributed by atoms with E-state index in [0.717, 1.165) is 5.69 Å². The molecule has 2 nitrogen and oxygen atoms in total. The van der Waals surface area contributed by atoms with Crippen LogP contribution in [0.25, 0.3) is 6.08 Å². The molecule has 0 bridgehead atoms. The predicted molar refractivity (Wildman–Crippen MR) is 47.3 cm³/mol. The van der Waals surface area contributed by atoms with E-state index < -0.39 is 11.2 Å². The van der Waals surface area contributed by atoms with Crippen LogP contribution in [0.15, 0.2) is 29.8 Å². The van der Waals surface area contributed by atoms with E-state index in [9.17, 15) is 4.55 Å². The first-order chi connectivity index (χ1) is 5.29. The molecule has 1 unspecified atom stereocenters. The van der Waals surface area contributed by atoms with Crippen LogP contribution in [0.1, 0.15) is 5.69 Å². The van der Waals surface area contributed by atoms with Gasteiger partial charge in [0.15, 0.2) is 0 Å². The second kappa shape index (κ2) is 4.16. The summed E-state index contributed by atoms with van der Waals surface area (Å²) in [6.07, 6.45) is 5.08. The number of aromatic nitrogens is 1. The molecule has 0 aliphatic rings. The maximum Gasteiger partial charge on any atom is 0.118 e. The largest absolute Gasteiger partial charge is 0.612 e. The molecule has 1 heterocycles. The lowest BCUT2D eigenvalue weighted by atomic mass is 10.3. The van der Waals surface area contributed by atoms with E-state index >= 15 is 0 Å². The molecule has 11 heavy (non-hydrogen) atoms. The molecule has 1 aromatic rings. The highest BCUT2D eigenvalue weighted by Crippen LogP contribution is 1.98. The quantitative estimate of drug-likeness (QED) is 0.625. The normalized spacial score (nSPS) is 13.6. The summed E-state index contributed by atoms with van der Waals surface area (Å²) in [5.41, 5.74) is 0.836. The standard InChI is InChI=1S/C8H9NOS/c1-11(10)7-5-8-4-2-3-6-9-8/h2-7H,1H3. The monoisotopic (exact) mass is 167 g/mol. The van der Waals surface area contributed by atoms with Gasteiger partial charge in [-0.1, -0.05) is 6.07 Å². The topological polar surface area (TPSA) is 36.0 Å². The van der Waals surface area contributed by atoms with Crippen molar-refractivity contribution in [3.8, 4) is 0 Å². The van der Waals surface area contributed by atoms with E-state index in [1.807, 2.05) is 18.2 Å². The highest BCUT2D eigenvalue weighted by molar-refractivity contribution is 7.93. The van der Waals surface area contributed by atoms with Gasteiger partial charge >= 0.3 is 0 Å². The average molecular weight is 167 g/mol. The minimum Gasteiger partial charge on any atom is -0.612 e. The van der Waals surface area contributed by atoms with E-state index in [1.54, 1.807) is 23.9 Å². The van der Waals surface area contributed by atoms with E-state index in [2.05, 4.69) is 4.98 Å². The van der Waals surface area contributed by atoms with Crippen molar-refractivity contribution < 1.29 is 4.55 Å². The van der Waals surface area contributed by atoms with Gasteiger partial charge in [-0.05, 0) is 23.3 Å². The first-order valence-corrected chi connectivity index (χ1v) is 4.82. The summed E-state index contributed by atoms with van der Waals surface area (Å²) in [5.74, 6) is 0. The lowest BCUT2D eigenvalue weighted by Gasteiger charge is -1.94. The SMILES string of the molecule is C[S+]([O-])C=Cc1ccccn1. The van der Waals surface area contributed by atoms with Crippen molar-refractivity contribution in [2.45, 2.75) is 0 Å². The third kappa shape index (κ3) is 3.20. The van der Waals surface area contributed by atoms with E-state index in [4.69, 9.17) is 0 Å². The third-order valence-electron chi connectivity index (χ3n) is 1.12. The Morgan fingerprint density at radius 1 is 1.55 bits per heavy atom. The maximum absolute atomic E-state index is 10.6. The second-order valence-corrected chi connectivity index (χ2v) is 3.33. The molecule has 0 saturated heterocycles. The average Bonchev–Trinajstić information content (AvgIpc) is 2.03. The summed E-state index contributed by atoms with van der Waals surface area (Å²) in [6, 6.07) is 5.61. The molecule has 0 aliphatic carbocycles. The first-order valence-electron chi connectivity index (χ1n) is 3.20. The molecule has 0 radical (unpaired) electrons.